The van der Waals surface area contributed by atoms with Crippen molar-refractivity contribution in [3.8, 4) is 0 Å². The third-order valence-electron chi connectivity index (χ3n) is 6.43. The SMILES string of the molecule is CC.CC(CC1CCC(C)N1C1Cc2ccccc2C1)Nc1ccccc1[N+](=O)[O-].CNC. The lowest BCUT2D eigenvalue weighted by molar-refractivity contribution is -0.384. The number of para-hydroxylation sites is 2. The van der Waals surface area contributed by atoms with Gasteiger partial charge in [0.1, 0.15) is 5.69 Å². The highest BCUT2D eigenvalue weighted by Gasteiger charge is 2.38. The van der Waals surface area contributed by atoms with Gasteiger partial charge in [-0.25, -0.2) is 0 Å². The summed E-state index contributed by atoms with van der Waals surface area (Å²) in [6.45, 7) is 8.49. The topological polar surface area (TPSA) is 70.4 Å². The van der Waals surface area contributed by atoms with Gasteiger partial charge in [-0.05, 0) is 77.2 Å². The van der Waals surface area contributed by atoms with Gasteiger partial charge in [0.05, 0.1) is 4.92 Å². The zero-order valence-corrected chi connectivity index (χ0v) is 21.2. The van der Waals surface area contributed by atoms with Gasteiger partial charge in [0.2, 0.25) is 0 Å². The average Bonchev–Trinajstić information content (AvgIpc) is 3.38. The number of hydrogen-bond donors (Lipinski definition) is 2. The Morgan fingerprint density at radius 2 is 1.58 bits per heavy atom. The van der Waals surface area contributed by atoms with E-state index in [1.807, 2.05) is 34.0 Å². The number of nitrogens with zero attached hydrogens (tertiary/aromatic N) is 2. The van der Waals surface area contributed by atoms with Crippen LogP contribution in [0.1, 0.15) is 58.1 Å². The van der Waals surface area contributed by atoms with Gasteiger partial charge >= 0.3 is 0 Å². The van der Waals surface area contributed by atoms with E-state index in [2.05, 4.69) is 53.6 Å². The second-order valence-electron chi connectivity index (χ2n) is 8.91. The number of fused-ring (bicyclic) bond motifs is 1. The molecule has 0 spiro atoms. The van der Waals surface area contributed by atoms with Crippen molar-refractivity contribution >= 4 is 11.4 Å². The summed E-state index contributed by atoms with van der Waals surface area (Å²) in [6.07, 6.45) is 5.72. The van der Waals surface area contributed by atoms with Crippen molar-refractivity contribution in [2.75, 3.05) is 19.4 Å². The van der Waals surface area contributed by atoms with E-state index in [0.29, 0.717) is 23.8 Å². The minimum absolute atomic E-state index is 0.150. The van der Waals surface area contributed by atoms with Crippen LogP contribution in [0.15, 0.2) is 48.5 Å². The third-order valence-corrected chi connectivity index (χ3v) is 6.43. The van der Waals surface area contributed by atoms with Gasteiger partial charge in [0.15, 0.2) is 0 Å². The molecule has 1 saturated heterocycles. The fraction of sp³-hybridized carbons (Fsp3) is 0.556. The highest BCUT2D eigenvalue weighted by atomic mass is 16.6. The molecule has 3 unspecified atom stereocenters. The van der Waals surface area contributed by atoms with Gasteiger partial charge in [-0.2, -0.15) is 0 Å². The molecule has 0 bridgehead atoms. The van der Waals surface area contributed by atoms with Gasteiger partial charge in [0, 0.05) is 30.2 Å². The molecule has 33 heavy (non-hydrogen) atoms. The largest absolute Gasteiger partial charge is 0.377 e. The van der Waals surface area contributed by atoms with Crippen LogP contribution in [-0.2, 0) is 12.8 Å². The van der Waals surface area contributed by atoms with Gasteiger partial charge in [-0.15, -0.1) is 0 Å². The Kier molecular flexibility index (Phi) is 10.8. The molecule has 4 rings (SSSR count). The molecule has 2 N–H and O–H groups in total. The highest BCUT2D eigenvalue weighted by molar-refractivity contribution is 5.61. The Labute approximate surface area is 199 Å². The summed E-state index contributed by atoms with van der Waals surface area (Å²) in [5, 5.41) is 17.4. The Morgan fingerprint density at radius 1 is 1.03 bits per heavy atom. The first-order chi connectivity index (χ1) is 15.9. The lowest BCUT2D eigenvalue weighted by Crippen LogP contribution is -2.45. The number of likely N-dealkylation sites (tertiary alicyclic amines) is 1. The third kappa shape index (κ3) is 7.02. The molecule has 1 aliphatic carbocycles. The molecule has 6 heteroatoms. The monoisotopic (exact) mass is 454 g/mol. The zero-order valence-electron chi connectivity index (χ0n) is 21.2. The smallest absolute Gasteiger partial charge is 0.292 e. The number of benzene rings is 2. The fourth-order valence-corrected chi connectivity index (χ4v) is 5.22. The van der Waals surface area contributed by atoms with Crippen molar-refractivity contribution in [1.82, 2.24) is 10.2 Å². The van der Waals surface area contributed by atoms with Crippen molar-refractivity contribution in [1.29, 1.82) is 0 Å². The van der Waals surface area contributed by atoms with Crippen molar-refractivity contribution in [2.24, 2.45) is 0 Å². The quantitative estimate of drug-likeness (QED) is 0.435. The summed E-state index contributed by atoms with van der Waals surface area (Å²) in [7, 11) is 3.75. The molecule has 1 heterocycles. The highest BCUT2D eigenvalue weighted by Crippen LogP contribution is 2.36. The number of nitro benzene ring substituents is 1. The molecular formula is C27H42N4O2. The first-order valence-corrected chi connectivity index (χ1v) is 12.4. The Hall–Kier alpha value is -2.44. The summed E-state index contributed by atoms with van der Waals surface area (Å²) in [5.41, 5.74) is 3.76. The number of nitro groups is 1. The Morgan fingerprint density at radius 3 is 2.15 bits per heavy atom. The van der Waals surface area contributed by atoms with E-state index < -0.39 is 0 Å². The lowest BCUT2D eigenvalue weighted by atomic mass is 10.0. The second-order valence-corrected chi connectivity index (χ2v) is 8.91. The van der Waals surface area contributed by atoms with E-state index in [9.17, 15) is 10.1 Å². The van der Waals surface area contributed by atoms with E-state index in [-0.39, 0.29) is 16.7 Å². The normalized spacial score (nSPS) is 20.7. The molecule has 2 aromatic rings. The van der Waals surface area contributed by atoms with Crippen LogP contribution in [0.25, 0.3) is 0 Å². The Balaban J connectivity index is 0.000000714. The second kappa shape index (κ2) is 13.3. The van der Waals surface area contributed by atoms with Gasteiger partial charge in [-0.3, -0.25) is 15.0 Å². The Bertz CT molecular complexity index is 848. The standard InChI is InChI=1S/C23H29N3O2.C2H7N.C2H6/c1-16(24-22-9-5-6-10-23(22)26(27)28)13-20-12-11-17(2)25(20)21-14-18-7-3-4-8-19(18)15-21;1-3-2;1-2/h3-10,16-17,20-21,24H,11-15H2,1-2H3;3H,1-2H3;1-2H3. The first-order valence-electron chi connectivity index (χ1n) is 12.4. The zero-order chi connectivity index (χ0) is 24.4. The van der Waals surface area contributed by atoms with Crippen LogP contribution >= 0.6 is 0 Å². The van der Waals surface area contributed by atoms with E-state index in [0.717, 1.165) is 19.3 Å². The van der Waals surface area contributed by atoms with Gasteiger partial charge < -0.3 is 10.6 Å². The maximum absolute atomic E-state index is 11.3. The number of hydrogen-bond acceptors (Lipinski definition) is 5. The molecule has 3 atom stereocenters. The van der Waals surface area contributed by atoms with Crippen molar-refractivity contribution in [2.45, 2.75) is 84.0 Å². The molecule has 0 amide bonds. The minimum Gasteiger partial charge on any atom is -0.377 e. The molecule has 182 valence electrons. The van der Waals surface area contributed by atoms with Gasteiger partial charge in [0.25, 0.3) is 5.69 Å². The van der Waals surface area contributed by atoms with Crippen LogP contribution in [0, 0.1) is 10.1 Å². The molecule has 0 aromatic heterocycles. The van der Waals surface area contributed by atoms with Crippen molar-refractivity contribution < 1.29 is 4.92 Å². The summed E-state index contributed by atoms with van der Waals surface area (Å²) >= 11 is 0. The molecule has 0 radical (unpaired) electrons. The van der Waals surface area contributed by atoms with Crippen LogP contribution in [0.3, 0.4) is 0 Å². The molecule has 1 aliphatic heterocycles. The summed E-state index contributed by atoms with van der Waals surface area (Å²) in [5.74, 6) is 0. The van der Waals surface area contributed by atoms with Crippen LogP contribution in [0.4, 0.5) is 11.4 Å². The minimum atomic E-state index is -0.311. The summed E-state index contributed by atoms with van der Waals surface area (Å²) in [6, 6.07) is 17.6. The lowest BCUT2D eigenvalue weighted by Gasteiger charge is -2.35. The van der Waals surface area contributed by atoms with Crippen LogP contribution in [-0.4, -0.2) is 48.1 Å². The molecule has 2 aliphatic rings. The fourth-order valence-electron chi connectivity index (χ4n) is 5.22. The van der Waals surface area contributed by atoms with Crippen LogP contribution in [0.2, 0.25) is 0 Å². The van der Waals surface area contributed by atoms with E-state index in [1.54, 1.807) is 18.2 Å². The van der Waals surface area contributed by atoms with Crippen molar-refractivity contribution in [3.63, 3.8) is 0 Å². The first kappa shape index (κ1) is 26.8. The van der Waals surface area contributed by atoms with E-state index in [4.69, 9.17) is 0 Å². The number of nitrogens with one attached hydrogen (secondary N) is 2. The van der Waals surface area contributed by atoms with E-state index >= 15 is 0 Å². The molecule has 2 aromatic carbocycles. The van der Waals surface area contributed by atoms with Crippen LogP contribution in [0.5, 0.6) is 0 Å². The van der Waals surface area contributed by atoms with Crippen LogP contribution < -0.4 is 10.6 Å². The maximum atomic E-state index is 11.3. The number of rotatable bonds is 6. The molecule has 0 saturated carbocycles. The number of anilines is 1. The molecular weight excluding hydrogens is 412 g/mol. The van der Waals surface area contributed by atoms with E-state index in [1.165, 1.54) is 24.0 Å². The van der Waals surface area contributed by atoms with Crippen molar-refractivity contribution in [3.05, 3.63) is 69.8 Å². The predicted octanol–water partition coefficient (Wildman–Crippen LogP) is 5.67. The predicted molar refractivity (Wildman–Crippen MR) is 139 cm³/mol. The maximum Gasteiger partial charge on any atom is 0.292 e. The molecule has 6 nitrogen and oxygen atoms in total. The molecule has 1 fully saturated rings. The average molecular weight is 455 g/mol. The summed E-state index contributed by atoms with van der Waals surface area (Å²) < 4.78 is 0. The van der Waals surface area contributed by atoms with Gasteiger partial charge in [-0.1, -0.05) is 50.2 Å². The summed E-state index contributed by atoms with van der Waals surface area (Å²) in [4.78, 5) is 13.7.